The molecule has 2 aliphatic rings. The number of rotatable bonds is 8. The minimum Gasteiger partial charge on any atom is -0.166 e. The number of hydrogen-bond donors (Lipinski definition) is 0. The molecule has 0 heterocycles. The molecule has 3 heteroatoms. The largest absolute Gasteiger partial charge is 0.416 e. The first-order valence-corrected chi connectivity index (χ1v) is 13.3. The maximum Gasteiger partial charge on any atom is 0.416 e. The van der Waals surface area contributed by atoms with Gasteiger partial charge in [-0.05, 0) is 79.7 Å². The van der Waals surface area contributed by atoms with Gasteiger partial charge < -0.3 is 0 Å². The molecule has 0 aromatic heterocycles. The monoisotopic (exact) mass is 458 g/mol. The van der Waals surface area contributed by atoms with Crippen molar-refractivity contribution in [2.24, 2.45) is 23.7 Å². The lowest BCUT2D eigenvalue weighted by Crippen LogP contribution is -2.17. The summed E-state index contributed by atoms with van der Waals surface area (Å²) in [5.41, 5.74) is -0.0122. The van der Waals surface area contributed by atoms with Crippen LogP contribution < -0.4 is 0 Å². The van der Waals surface area contributed by atoms with Crippen molar-refractivity contribution in [2.75, 3.05) is 0 Å². The fraction of sp³-hybridized carbons (Fsp3) is 0.667. The molecule has 0 unspecified atom stereocenters. The summed E-state index contributed by atoms with van der Waals surface area (Å²) in [7, 11) is 0. The standard InChI is InChI=1S/C30H41F3/c1-2-3-4-7-24-10-14-27(15-11-24)18-19-28-16-12-25(13-17-28)8-5-6-9-26-20-22-29(23-21-26)30(31,32)33/h5,8,20-25,27-28H,2-4,7,10-19H2,1H3/t24-,25-,27-,28-. The van der Waals surface area contributed by atoms with Crippen LogP contribution in [0.1, 0.15) is 108 Å². The summed E-state index contributed by atoms with van der Waals surface area (Å²) in [6.45, 7) is 2.29. The van der Waals surface area contributed by atoms with E-state index in [9.17, 15) is 13.2 Å². The van der Waals surface area contributed by atoms with Crippen LogP contribution in [-0.4, -0.2) is 0 Å². The molecule has 0 N–H and O–H groups in total. The summed E-state index contributed by atoms with van der Waals surface area (Å²) in [5, 5.41) is 0. The van der Waals surface area contributed by atoms with Crippen LogP contribution in [0.25, 0.3) is 0 Å². The van der Waals surface area contributed by atoms with Crippen LogP contribution in [0.4, 0.5) is 13.2 Å². The molecular weight excluding hydrogens is 417 g/mol. The zero-order valence-corrected chi connectivity index (χ0v) is 20.3. The average molecular weight is 459 g/mol. The van der Waals surface area contributed by atoms with Crippen LogP contribution in [0.3, 0.4) is 0 Å². The van der Waals surface area contributed by atoms with Crippen molar-refractivity contribution in [1.29, 1.82) is 0 Å². The van der Waals surface area contributed by atoms with Gasteiger partial charge in [-0.2, -0.15) is 13.2 Å². The highest BCUT2D eigenvalue weighted by Crippen LogP contribution is 2.38. The highest BCUT2D eigenvalue weighted by Gasteiger charge is 2.29. The van der Waals surface area contributed by atoms with E-state index in [2.05, 4.69) is 24.8 Å². The van der Waals surface area contributed by atoms with Gasteiger partial charge in [-0.25, -0.2) is 0 Å². The highest BCUT2D eigenvalue weighted by atomic mass is 19.4. The van der Waals surface area contributed by atoms with Gasteiger partial charge in [0.25, 0.3) is 0 Å². The van der Waals surface area contributed by atoms with E-state index in [1.54, 1.807) is 0 Å². The fourth-order valence-electron chi connectivity index (χ4n) is 5.68. The van der Waals surface area contributed by atoms with E-state index < -0.39 is 11.7 Å². The van der Waals surface area contributed by atoms with E-state index >= 15 is 0 Å². The Kier molecular flexibility index (Phi) is 10.4. The van der Waals surface area contributed by atoms with Crippen LogP contribution in [0.5, 0.6) is 0 Å². The molecule has 182 valence electrons. The van der Waals surface area contributed by atoms with Gasteiger partial charge in [0, 0.05) is 5.56 Å². The molecule has 0 spiro atoms. The van der Waals surface area contributed by atoms with Crippen LogP contribution in [0.15, 0.2) is 36.4 Å². The van der Waals surface area contributed by atoms with Crippen LogP contribution in [-0.2, 0) is 6.18 Å². The molecule has 0 atom stereocenters. The van der Waals surface area contributed by atoms with Gasteiger partial charge in [0.05, 0.1) is 5.56 Å². The number of benzene rings is 1. The average Bonchev–Trinajstić information content (AvgIpc) is 2.82. The summed E-state index contributed by atoms with van der Waals surface area (Å²) < 4.78 is 37.9. The minimum absolute atomic E-state index is 0.599. The third kappa shape index (κ3) is 9.23. The molecule has 0 amide bonds. The van der Waals surface area contributed by atoms with Gasteiger partial charge in [0.15, 0.2) is 0 Å². The molecule has 0 bridgehead atoms. The van der Waals surface area contributed by atoms with E-state index in [1.165, 1.54) is 102 Å². The van der Waals surface area contributed by atoms with E-state index in [-0.39, 0.29) is 0 Å². The molecule has 0 radical (unpaired) electrons. The molecule has 0 aliphatic heterocycles. The molecule has 0 saturated heterocycles. The Bertz CT molecular complexity index is 761. The van der Waals surface area contributed by atoms with E-state index in [1.807, 2.05) is 6.08 Å². The predicted octanol–water partition coefficient (Wildman–Crippen LogP) is 9.59. The van der Waals surface area contributed by atoms with E-state index in [4.69, 9.17) is 0 Å². The molecule has 0 nitrogen and oxygen atoms in total. The van der Waals surface area contributed by atoms with E-state index in [0.29, 0.717) is 11.5 Å². The van der Waals surface area contributed by atoms with Crippen LogP contribution in [0, 0.1) is 35.5 Å². The predicted molar refractivity (Wildman–Crippen MR) is 132 cm³/mol. The van der Waals surface area contributed by atoms with Gasteiger partial charge in [0.2, 0.25) is 0 Å². The molecule has 1 aromatic rings. The van der Waals surface area contributed by atoms with Gasteiger partial charge in [0.1, 0.15) is 0 Å². The molecular formula is C30H41F3. The Morgan fingerprint density at radius 3 is 1.88 bits per heavy atom. The fourth-order valence-corrected chi connectivity index (χ4v) is 5.68. The molecule has 2 fully saturated rings. The summed E-state index contributed by atoms with van der Waals surface area (Å²) in [6, 6.07) is 5.06. The topological polar surface area (TPSA) is 0 Å². The maximum atomic E-state index is 12.6. The molecule has 3 rings (SSSR count). The second-order valence-electron chi connectivity index (χ2n) is 10.4. The van der Waals surface area contributed by atoms with Crippen molar-refractivity contribution in [2.45, 2.75) is 103 Å². The highest BCUT2D eigenvalue weighted by molar-refractivity contribution is 5.39. The Morgan fingerprint density at radius 2 is 1.33 bits per heavy atom. The lowest BCUT2D eigenvalue weighted by Gasteiger charge is -2.31. The lowest BCUT2D eigenvalue weighted by molar-refractivity contribution is -0.137. The Balaban J connectivity index is 1.30. The first-order valence-electron chi connectivity index (χ1n) is 13.3. The Labute approximate surface area is 199 Å². The summed E-state index contributed by atoms with van der Waals surface area (Å²) in [4.78, 5) is 0. The first kappa shape index (κ1) is 25.9. The normalized spacial score (nSPS) is 26.2. The second kappa shape index (κ2) is 13.3. The summed E-state index contributed by atoms with van der Waals surface area (Å²) in [5.74, 6) is 9.42. The Hall–Kier alpha value is -1.69. The van der Waals surface area contributed by atoms with Gasteiger partial charge in [-0.3, -0.25) is 0 Å². The zero-order valence-electron chi connectivity index (χ0n) is 20.3. The molecule has 2 saturated carbocycles. The maximum absolute atomic E-state index is 12.6. The molecule has 2 aliphatic carbocycles. The molecule has 1 aromatic carbocycles. The number of hydrogen-bond acceptors (Lipinski definition) is 0. The first-order chi connectivity index (χ1) is 15.9. The van der Waals surface area contributed by atoms with Crippen molar-refractivity contribution in [3.05, 3.63) is 47.5 Å². The minimum atomic E-state index is -4.29. The third-order valence-corrected chi connectivity index (χ3v) is 7.94. The summed E-state index contributed by atoms with van der Waals surface area (Å²) in [6.07, 6.45) is 19.3. The SMILES string of the molecule is CCCCC[C@H]1CC[C@H](CC[C@H]2CC[C@H](C=CC#Cc3ccc(C(F)(F)F)cc3)CC2)CC1. The van der Waals surface area contributed by atoms with Crippen molar-refractivity contribution in [3.8, 4) is 11.8 Å². The number of allylic oxidation sites excluding steroid dienone is 2. The van der Waals surface area contributed by atoms with E-state index in [0.717, 1.165) is 29.9 Å². The van der Waals surface area contributed by atoms with Crippen molar-refractivity contribution >= 4 is 0 Å². The Morgan fingerprint density at radius 1 is 0.788 bits per heavy atom. The zero-order chi connectivity index (χ0) is 23.5. The van der Waals surface area contributed by atoms with Crippen LogP contribution in [0.2, 0.25) is 0 Å². The smallest absolute Gasteiger partial charge is 0.166 e. The summed E-state index contributed by atoms with van der Waals surface area (Å²) >= 11 is 0. The van der Waals surface area contributed by atoms with Crippen LogP contribution >= 0.6 is 0 Å². The van der Waals surface area contributed by atoms with Gasteiger partial charge >= 0.3 is 6.18 Å². The van der Waals surface area contributed by atoms with Crippen molar-refractivity contribution in [1.82, 2.24) is 0 Å². The van der Waals surface area contributed by atoms with Crippen molar-refractivity contribution < 1.29 is 13.2 Å². The molecule has 33 heavy (non-hydrogen) atoms. The lowest BCUT2D eigenvalue weighted by atomic mass is 9.75. The number of unbranched alkanes of at least 4 members (excludes halogenated alkanes) is 2. The van der Waals surface area contributed by atoms with Gasteiger partial charge in [-0.15, -0.1) is 0 Å². The van der Waals surface area contributed by atoms with Gasteiger partial charge in [-0.1, -0.05) is 89.0 Å². The number of halogens is 3. The third-order valence-electron chi connectivity index (χ3n) is 7.94. The second-order valence-corrected chi connectivity index (χ2v) is 10.4. The van der Waals surface area contributed by atoms with Crippen molar-refractivity contribution in [3.63, 3.8) is 0 Å². The number of alkyl halides is 3. The quantitative estimate of drug-likeness (QED) is 0.269.